The molecule has 94 valence electrons. The number of benzene rings is 2. The molecule has 0 fully saturated rings. The average Bonchev–Trinajstić information content (AvgIpc) is 2.30. The Morgan fingerprint density at radius 3 is 2.67 bits per heavy atom. The Bertz CT molecular complexity index is 520. The fraction of sp³-hybridized carbons (Fsp3) is 0.143. The normalized spacial score (nSPS) is 10.4. The first-order chi connectivity index (χ1) is 8.56. The first-order valence-electron chi connectivity index (χ1n) is 5.49. The van der Waals surface area contributed by atoms with E-state index in [0.29, 0.717) is 17.3 Å². The molecule has 0 aromatic heterocycles. The minimum absolute atomic E-state index is 0.300. The third kappa shape index (κ3) is 2.93. The van der Waals surface area contributed by atoms with Crippen molar-refractivity contribution < 1.29 is 9.13 Å². The van der Waals surface area contributed by atoms with Crippen molar-refractivity contribution >= 4 is 17.3 Å². The van der Waals surface area contributed by atoms with E-state index in [-0.39, 0.29) is 5.82 Å². The second-order valence-electron chi connectivity index (χ2n) is 4.04. The van der Waals surface area contributed by atoms with Crippen molar-refractivity contribution in [1.29, 1.82) is 0 Å². The van der Waals surface area contributed by atoms with Gasteiger partial charge in [0, 0.05) is 16.3 Å². The number of hydrogen-bond donors (Lipinski definition) is 1. The van der Waals surface area contributed by atoms with Gasteiger partial charge in [-0.2, -0.15) is 0 Å². The van der Waals surface area contributed by atoms with E-state index >= 15 is 0 Å². The molecule has 0 radical (unpaired) electrons. The van der Waals surface area contributed by atoms with Crippen LogP contribution >= 0.6 is 11.6 Å². The number of nitrogens with two attached hydrogens (primary N) is 1. The molecule has 0 amide bonds. The lowest BCUT2D eigenvalue weighted by Crippen LogP contribution is -2.01. The second-order valence-corrected chi connectivity index (χ2v) is 4.48. The van der Waals surface area contributed by atoms with Gasteiger partial charge in [-0.15, -0.1) is 0 Å². The summed E-state index contributed by atoms with van der Waals surface area (Å²) in [6, 6.07) is 9.66. The van der Waals surface area contributed by atoms with Crippen molar-refractivity contribution in [3.63, 3.8) is 0 Å². The molecular formula is C14H13ClFNO. The van der Waals surface area contributed by atoms with Crippen LogP contribution in [0.5, 0.6) is 5.75 Å². The molecule has 2 aromatic carbocycles. The van der Waals surface area contributed by atoms with Crippen molar-refractivity contribution in [3.05, 3.63) is 58.4 Å². The molecule has 2 rings (SSSR count). The number of ether oxygens (including phenoxy) is 1. The molecule has 0 saturated carbocycles. The van der Waals surface area contributed by atoms with Crippen LogP contribution in [0.2, 0.25) is 5.02 Å². The van der Waals surface area contributed by atoms with Crippen LogP contribution < -0.4 is 10.5 Å². The highest BCUT2D eigenvalue weighted by molar-refractivity contribution is 6.30. The van der Waals surface area contributed by atoms with Gasteiger partial charge in [0.15, 0.2) is 0 Å². The molecule has 0 aliphatic heterocycles. The van der Waals surface area contributed by atoms with Gasteiger partial charge in [0.1, 0.15) is 18.2 Å². The molecule has 2 nitrogen and oxygen atoms in total. The van der Waals surface area contributed by atoms with Crippen LogP contribution in [-0.2, 0) is 6.61 Å². The maximum atomic E-state index is 12.9. The lowest BCUT2D eigenvalue weighted by molar-refractivity contribution is 0.304. The molecule has 0 spiro atoms. The highest BCUT2D eigenvalue weighted by Gasteiger charge is 2.04. The van der Waals surface area contributed by atoms with Gasteiger partial charge in [0.05, 0.1) is 0 Å². The number of aryl methyl sites for hydroxylation is 1. The molecular weight excluding hydrogens is 253 g/mol. The minimum atomic E-state index is -0.348. The predicted molar refractivity (Wildman–Crippen MR) is 71.3 cm³/mol. The third-order valence-corrected chi connectivity index (χ3v) is 2.86. The first kappa shape index (κ1) is 12.7. The molecule has 0 aliphatic rings. The molecule has 18 heavy (non-hydrogen) atoms. The summed E-state index contributed by atoms with van der Waals surface area (Å²) in [4.78, 5) is 0. The summed E-state index contributed by atoms with van der Waals surface area (Å²) >= 11 is 5.86. The zero-order chi connectivity index (χ0) is 13.1. The number of hydrogen-bond acceptors (Lipinski definition) is 2. The molecule has 0 bridgehead atoms. The monoisotopic (exact) mass is 265 g/mol. The van der Waals surface area contributed by atoms with E-state index in [1.54, 1.807) is 18.2 Å². The second kappa shape index (κ2) is 5.27. The molecule has 0 atom stereocenters. The Kier molecular flexibility index (Phi) is 3.72. The van der Waals surface area contributed by atoms with Gasteiger partial charge in [-0.1, -0.05) is 17.7 Å². The van der Waals surface area contributed by atoms with Crippen molar-refractivity contribution in [2.75, 3.05) is 5.73 Å². The van der Waals surface area contributed by atoms with Crippen LogP contribution in [0, 0.1) is 12.7 Å². The Balaban J connectivity index is 2.11. The van der Waals surface area contributed by atoms with Crippen LogP contribution in [0.15, 0.2) is 36.4 Å². The van der Waals surface area contributed by atoms with Crippen LogP contribution in [0.1, 0.15) is 11.1 Å². The van der Waals surface area contributed by atoms with E-state index in [9.17, 15) is 4.39 Å². The third-order valence-electron chi connectivity index (χ3n) is 2.63. The van der Waals surface area contributed by atoms with E-state index in [1.165, 1.54) is 12.1 Å². The number of halogens is 2. The summed E-state index contributed by atoms with van der Waals surface area (Å²) in [5, 5.41) is 0.668. The largest absolute Gasteiger partial charge is 0.489 e. The van der Waals surface area contributed by atoms with E-state index < -0.39 is 0 Å². The van der Waals surface area contributed by atoms with Gasteiger partial charge in [0.25, 0.3) is 0 Å². The molecule has 2 aromatic rings. The minimum Gasteiger partial charge on any atom is -0.489 e. The van der Waals surface area contributed by atoms with Crippen molar-refractivity contribution in [1.82, 2.24) is 0 Å². The van der Waals surface area contributed by atoms with Gasteiger partial charge in [0.2, 0.25) is 0 Å². The predicted octanol–water partition coefficient (Wildman–Crippen LogP) is 3.95. The van der Waals surface area contributed by atoms with Gasteiger partial charge >= 0.3 is 0 Å². The van der Waals surface area contributed by atoms with E-state index in [1.807, 2.05) is 13.0 Å². The maximum absolute atomic E-state index is 12.9. The van der Waals surface area contributed by atoms with Gasteiger partial charge in [-0.3, -0.25) is 0 Å². The molecule has 4 heteroatoms. The summed E-state index contributed by atoms with van der Waals surface area (Å²) in [6.45, 7) is 2.21. The summed E-state index contributed by atoms with van der Waals surface area (Å²) in [6.07, 6.45) is 0. The molecule has 0 heterocycles. The fourth-order valence-corrected chi connectivity index (χ4v) is 1.85. The van der Waals surface area contributed by atoms with Crippen molar-refractivity contribution in [2.45, 2.75) is 13.5 Å². The Morgan fingerprint density at radius 1 is 1.22 bits per heavy atom. The SMILES string of the molecule is Cc1cc(Cl)ccc1OCc1ccc(F)cc1N. The lowest BCUT2D eigenvalue weighted by Gasteiger charge is -2.11. The van der Waals surface area contributed by atoms with Gasteiger partial charge < -0.3 is 10.5 Å². The Hall–Kier alpha value is -1.74. The Morgan fingerprint density at radius 2 is 2.00 bits per heavy atom. The van der Waals surface area contributed by atoms with Gasteiger partial charge in [-0.05, 0) is 42.8 Å². The van der Waals surface area contributed by atoms with Crippen LogP contribution in [0.3, 0.4) is 0 Å². The quantitative estimate of drug-likeness (QED) is 0.853. The number of nitrogen functional groups attached to an aromatic ring is 1. The number of rotatable bonds is 3. The average molecular weight is 266 g/mol. The lowest BCUT2D eigenvalue weighted by atomic mass is 10.2. The summed E-state index contributed by atoms with van der Waals surface area (Å²) in [5.41, 5.74) is 7.80. The highest BCUT2D eigenvalue weighted by Crippen LogP contribution is 2.23. The van der Waals surface area contributed by atoms with Crippen molar-refractivity contribution in [2.24, 2.45) is 0 Å². The summed E-state index contributed by atoms with van der Waals surface area (Å²) < 4.78 is 18.5. The Labute approximate surface area is 110 Å². The highest BCUT2D eigenvalue weighted by atomic mass is 35.5. The molecule has 0 unspecified atom stereocenters. The summed E-state index contributed by atoms with van der Waals surface area (Å²) in [7, 11) is 0. The number of anilines is 1. The van der Waals surface area contributed by atoms with E-state index in [4.69, 9.17) is 22.1 Å². The molecule has 0 aliphatic carbocycles. The zero-order valence-electron chi connectivity index (χ0n) is 9.91. The smallest absolute Gasteiger partial charge is 0.125 e. The van der Waals surface area contributed by atoms with Crippen LogP contribution in [-0.4, -0.2) is 0 Å². The van der Waals surface area contributed by atoms with E-state index in [0.717, 1.165) is 16.9 Å². The standard InChI is InChI=1S/C14H13ClFNO/c1-9-6-11(15)3-5-14(9)18-8-10-2-4-12(16)7-13(10)17/h2-7H,8,17H2,1H3. The topological polar surface area (TPSA) is 35.2 Å². The van der Waals surface area contributed by atoms with Crippen LogP contribution in [0.25, 0.3) is 0 Å². The molecule has 0 saturated heterocycles. The van der Waals surface area contributed by atoms with E-state index in [2.05, 4.69) is 0 Å². The first-order valence-corrected chi connectivity index (χ1v) is 5.87. The van der Waals surface area contributed by atoms with Crippen molar-refractivity contribution in [3.8, 4) is 5.75 Å². The zero-order valence-corrected chi connectivity index (χ0v) is 10.7. The van der Waals surface area contributed by atoms with Gasteiger partial charge in [-0.25, -0.2) is 4.39 Å². The fourth-order valence-electron chi connectivity index (χ4n) is 1.63. The van der Waals surface area contributed by atoms with Crippen LogP contribution in [0.4, 0.5) is 10.1 Å². The summed E-state index contributed by atoms with van der Waals surface area (Å²) in [5.74, 6) is 0.391. The molecule has 2 N–H and O–H groups in total. The maximum Gasteiger partial charge on any atom is 0.125 e.